The molecule has 23 heavy (non-hydrogen) atoms. The van der Waals surface area contributed by atoms with Crippen LogP contribution in [0.3, 0.4) is 0 Å². The smallest absolute Gasteiger partial charge is 0.412 e. The fraction of sp³-hybridized carbons (Fsp3) is 0.278. The Labute approximate surface area is 139 Å². The van der Waals surface area contributed by atoms with Gasteiger partial charge in [-0.05, 0) is 48.2 Å². The highest BCUT2D eigenvalue weighted by Gasteiger charge is 2.39. The van der Waals surface area contributed by atoms with Crippen molar-refractivity contribution in [1.29, 1.82) is 0 Å². The summed E-state index contributed by atoms with van der Waals surface area (Å²) in [5.41, 5.74) is 2.76. The van der Waals surface area contributed by atoms with Crippen molar-refractivity contribution in [1.82, 2.24) is 0 Å². The van der Waals surface area contributed by atoms with Gasteiger partial charge >= 0.3 is 6.09 Å². The molecule has 120 valence electrons. The SMILES string of the molecule is CCC1(CC)OC(=O)Nc2ccc(-c3ccc(F)c(Cl)c3)cc21. The lowest BCUT2D eigenvalue weighted by Gasteiger charge is -2.37. The predicted molar refractivity (Wildman–Crippen MR) is 89.2 cm³/mol. The lowest BCUT2D eigenvalue weighted by molar-refractivity contribution is 0.00476. The summed E-state index contributed by atoms with van der Waals surface area (Å²) in [6.45, 7) is 3.99. The van der Waals surface area contributed by atoms with E-state index in [1.165, 1.54) is 6.07 Å². The van der Waals surface area contributed by atoms with Crippen molar-refractivity contribution in [2.24, 2.45) is 0 Å². The summed E-state index contributed by atoms with van der Waals surface area (Å²) in [5.74, 6) is -0.444. The van der Waals surface area contributed by atoms with Gasteiger partial charge in [-0.15, -0.1) is 0 Å². The van der Waals surface area contributed by atoms with Gasteiger partial charge in [-0.1, -0.05) is 37.6 Å². The fourth-order valence-corrected chi connectivity index (χ4v) is 3.21. The van der Waals surface area contributed by atoms with Crippen LogP contribution in [-0.4, -0.2) is 6.09 Å². The number of cyclic esters (lactones) is 1. The lowest BCUT2D eigenvalue weighted by atomic mass is 9.84. The first kappa shape index (κ1) is 15.8. The number of anilines is 1. The maximum absolute atomic E-state index is 13.4. The Morgan fingerprint density at radius 3 is 2.43 bits per heavy atom. The van der Waals surface area contributed by atoms with Gasteiger partial charge in [0.25, 0.3) is 0 Å². The molecule has 0 saturated heterocycles. The monoisotopic (exact) mass is 333 g/mol. The highest BCUT2D eigenvalue weighted by Crippen LogP contribution is 2.43. The van der Waals surface area contributed by atoms with Gasteiger partial charge in [0, 0.05) is 5.56 Å². The van der Waals surface area contributed by atoms with Crippen LogP contribution in [0.2, 0.25) is 5.02 Å². The maximum atomic E-state index is 13.4. The molecule has 5 heteroatoms. The predicted octanol–water partition coefficient (Wildman–Crippen LogP) is 5.72. The van der Waals surface area contributed by atoms with Gasteiger partial charge in [-0.3, -0.25) is 5.32 Å². The topological polar surface area (TPSA) is 38.3 Å². The Bertz CT molecular complexity index is 772. The van der Waals surface area contributed by atoms with Crippen molar-refractivity contribution in [3.05, 3.63) is 52.8 Å². The van der Waals surface area contributed by atoms with E-state index >= 15 is 0 Å². The number of carbonyl (C=O) groups is 1. The minimum atomic E-state index is -0.641. The molecule has 0 bridgehead atoms. The lowest BCUT2D eigenvalue weighted by Crippen LogP contribution is -2.38. The third kappa shape index (κ3) is 2.68. The van der Waals surface area contributed by atoms with Gasteiger partial charge in [-0.2, -0.15) is 0 Å². The van der Waals surface area contributed by atoms with Crippen LogP contribution >= 0.6 is 11.6 Å². The first-order valence-electron chi connectivity index (χ1n) is 7.59. The molecule has 1 N–H and O–H groups in total. The molecule has 2 aromatic carbocycles. The van der Waals surface area contributed by atoms with Crippen LogP contribution in [0.5, 0.6) is 0 Å². The van der Waals surface area contributed by atoms with Crippen LogP contribution in [0, 0.1) is 5.82 Å². The number of hydrogen-bond acceptors (Lipinski definition) is 2. The van der Waals surface area contributed by atoms with E-state index in [9.17, 15) is 9.18 Å². The first-order chi connectivity index (χ1) is 11.0. The minimum Gasteiger partial charge on any atom is -0.438 e. The van der Waals surface area contributed by atoms with Crippen molar-refractivity contribution >= 4 is 23.4 Å². The van der Waals surface area contributed by atoms with E-state index in [2.05, 4.69) is 5.32 Å². The summed E-state index contributed by atoms with van der Waals surface area (Å²) in [5, 5.41) is 2.82. The summed E-state index contributed by atoms with van der Waals surface area (Å²) < 4.78 is 19.0. The number of ether oxygens (including phenoxy) is 1. The number of amides is 1. The molecule has 0 spiro atoms. The van der Waals surface area contributed by atoms with Crippen molar-refractivity contribution in [2.75, 3.05) is 5.32 Å². The van der Waals surface area contributed by atoms with Crippen molar-refractivity contribution in [2.45, 2.75) is 32.3 Å². The van der Waals surface area contributed by atoms with E-state index in [1.807, 2.05) is 32.0 Å². The average Bonchev–Trinajstić information content (AvgIpc) is 2.56. The standard InChI is InChI=1S/C18H17ClFNO2/c1-3-18(4-2)13-9-11(6-8-16(13)21-17(22)23-18)12-5-7-15(20)14(19)10-12/h5-10H,3-4H2,1-2H3,(H,21,22). The molecule has 0 aliphatic carbocycles. The zero-order valence-electron chi connectivity index (χ0n) is 13.0. The number of halogens is 2. The summed E-state index contributed by atoms with van der Waals surface area (Å²) in [7, 11) is 0. The molecule has 0 radical (unpaired) electrons. The van der Waals surface area contributed by atoms with E-state index < -0.39 is 17.5 Å². The normalized spacial score (nSPS) is 15.6. The second kappa shape index (κ2) is 5.85. The largest absolute Gasteiger partial charge is 0.438 e. The molecule has 3 rings (SSSR count). The van der Waals surface area contributed by atoms with Gasteiger partial charge in [0.15, 0.2) is 0 Å². The highest BCUT2D eigenvalue weighted by atomic mass is 35.5. The Hall–Kier alpha value is -2.07. The molecule has 0 atom stereocenters. The number of benzene rings is 2. The number of fused-ring (bicyclic) bond motifs is 1. The van der Waals surface area contributed by atoms with Gasteiger partial charge in [0.1, 0.15) is 11.4 Å². The molecule has 0 aromatic heterocycles. The van der Waals surface area contributed by atoms with E-state index in [-0.39, 0.29) is 5.02 Å². The Morgan fingerprint density at radius 1 is 1.13 bits per heavy atom. The zero-order valence-corrected chi connectivity index (χ0v) is 13.7. The summed E-state index contributed by atoms with van der Waals surface area (Å²) in [6.07, 6.45) is 0.925. The van der Waals surface area contributed by atoms with Crippen LogP contribution in [0.15, 0.2) is 36.4 Å². The second-order valence-corrected chi connectivity index (χ2v) is 6.01. The fourth-order valence-electron chi connectivity index (χ4n) is 3.03. The molecule has 3 nitrogen and oxygen atoms in total. The molecular weight excluding hydrogens is 317 g/mol. The van der Waals surface area contributed by atoms with E-state index in [0.717, 1.165) is 22.4 Å². The van der Waals surface area contributed by atoms with Crippen molar-refractivity contribution in [3.8, 4) is 11.1 Å². The number of rotatable bonds is 3. The first-order valence-corrected chi connectivity index (χ1v) is 7.97. The molecule has 1 aliphatic rings. The summed E-state index contributed by atoms with van der Waals surface area (Å²) in [4.78, 5) is 11.8. The third-order valence-corrected chi connectivity index (χ3v) is 4.72. The van der Waals surface area contributed by atoms with E-state index in [0.29, 0.717) is 12.8 Å². The van der Waals surface area contributed by atoms with Gasteiger partial charge in [0.05, 0.1) is 10.7 Å². The number of carbonyl (C=O) groups excluding carboxylic acids is 1. The van der Waals surface area contributed by atoms with Crippen LogP contribution in [0.25, 0.3) is 11.1 Å². The third-order valence-electron chi connectivity index (χ3n) is 4.43. The molecule has 1 heterocycles. The Morgan fingerprint density at radius 2 is 1.78 bits per heavy atom. The number of hydrogen-bond donors (Lipinski definition) is 1. The Kier molecular flexibility index (Phi) is 4.02. The molecule has 0 unspecified atom stereocenters. The van der Waals surface area contributed by atoms with Crippen LogP contribution in [-0.2, 0) is 10.3 Å². The van der Waals surface area contributed by atoms with E-state index in [4.69, 9.17) is 16.3 Å². The summed E-state index contributed by atoms with van der Waals surface area (Å²) >= 11 is 5.88. The Balaban J connectivity index is 2.13. The van der Waals surface area contributed by atoms with Crippen LogP contribution in [0.1, 0.15) is 32.3 Å². The van der Waals surface area contributed by atoms with Crippen LogP contribution < -0.4 is 5.32 Å². The molecule has 1 amide bonds. The van der Waals surface area contributed by atoms with Crippen LogP contribution in [0.4, 0.5) is 14.9 Å². The maximum Gasteiger partial charge on any atom is 0.412 e. The van der Waals surface area contributed by atoms with Gasteiger partial charge in [-0.25, -0.2) is 9.18 Å². The van der Waals surface area contributed by atoms with Crippen molar-refractivity contribution in [3.63, 3.8) is 0 Å². The molecule has 0 fully saturated rings. The molecular formula is C18H17ClFNO2. The zero-order chi connectivity index (χ0) is 16.6. The van der Waals surface area contributed by atoms with Gasteiger partial charge < -0.3 is 4.74 Å². The van der Waals surface area contributed by atoms with Gasteiger partial charge in [0.2, 0.25) is 0 Å². The average molecular weight is 334 g/mol. The molecule has 1 aliphatic heterocycles. The highest BCUT2D eigenvalue weighted by molar-refractivity contribution is 6.31. The quantitative estimate of drug-likeness (QED) is 0.779. The molecule has 2 aromatic rings. The number of nitrogens with one attached hydrogen (secondary N) is 1. The molecule has 0 saturated carbocycles. The summed E-state index contributed by atoms with van der Waals surface area (Å²) in [6, 6.07) is 10.3. The van der Waals surface area contributed by atoms with E-state index in [1.54, 1.807) is 12.1 Å². The van der Waals surface area contributed by atoms with Crippen molar-refractivity contribution < 1.29 is 13.9 Å². The minimum absolute atomic E-state index is 0.0852. The second-order valence-electron chi connectivity index (χ2n) is 5.61.